The summed E-state index contributed by atoms with van der Waals surface area (Å²) in [5.41, 5.74) is 4.08. The fourth-order valence-corrected chi connectivity index (χ4v) is 2.44. The Morgan fingerprint density at radius 2 is 2.00 bits per heavy atom. The Balaban J connectivity index is 1.65. The standard InChI is InChI=1S/C18H15ClN4O/c1-12-7-13(10-21-18(12)19)8-16(24)9-15-5-4-14(11-20-15)17-3-2-6-22-23-17/h2-7,10-11H,8-9H2,1H3. The number of aryl methyl sites for hydroxylation is 1. The lowest BCUT2D eigenvalue weighted by atomic mass is 10.1. The van der Waals surface area contributed by atoms with Crippen LogP contribution < -0.4 is 0 Å². The zero-order chi connectivity index (χ0) is 16.9. The van der Waals surface area contributed by atoms with Crippen molar-refractivity contribution in [3.8, 4) is 11.3 Å². The number of rotatable bonds is 5. The summed E-state index contributed by atoms with van der Waals surface area (Å²) >= 11 is 5.90. The van der Waals surface area contributed by atoms with Gasteiger partial charge in [0, 0.05) is 42.7 Å². The maximum absolute atomic E-state index is 12.2. The molecule has 0 bridgehead atoms. The first kappa shape index (κ1) is 16.2. The number of halogens is 1. The van der Waals surface area contributed by atoms with Crippen LogP contribution in [-0.2, 0) is 17.6 Å². The SMILES string of the molecule is Cc1cc(CC(=O)Cc2ccc(-c3cccnn3)cn2)cnc1Cl. The number of nitrogens with zero attached hydrogens (tertiary/aromatic N) is 4. The monoisotopic (exact) mass is 338 g/mol. The van der Waals surface area contributed by atoms with Crippen LogP contribution in [0.25, 0.3) is 11.3 Å². The summed E-state index contributed by atoms with van der Waals surface area (Å²) in [5, 5.41) is 8.35. The Labute approximate surface area is 144 Å². The lowest BCUT2D eigenvalue weighted by Crippen LogP contribution is -2.08. The number of carbonyl (C=O) groups is 1. The first-order chi connectivity index (χ1) is 11.6. The van der Waals surface area contributed by atoms with E-state index < -0.39 is 0 Å². The lowest BCUT2D eigenvalue weighted by molar-refractivity contribution is -0.117. The first-order valence-corrected chi connectivity index (χ1v) is 7.85. The average molecular weight is 339 g/mol. The molecule has 5 nitrogen and oxygen atoms in total. The van der Waals surface area contributed by atoms with E-state index in [9.17, 15) is 4.79 Å². The average Bonchev–Trinajstić information content (AvgIpc) is 2.59. The molecule has 0 fully saturated rings. The van der Waals surface area contributed by atoms with Gasteiger partial charge in [-0.05, 0) is 42.3 Å². The minimum absolute atomic E-state index is 0.0817. The van der Waals surface area contributed by atoms with Gasteiger partial charge in [-0.3, -0.25) is 9.78 Å². The highest BCUT2D eigenvalue weighted by atomic mass is 35.5. The van der Waals surface area contributed by atoms with Crippen LogP contribution in [0.15, 0.2) is 48.9 Å². The van der Waals surface area contributed by atoms with Crippen LogP contribution in [0.3, 0.4) is 0 Å². The van der Waals surface area contributed by atoms with Gasteiger partial charge < -0.3 is 0 Å². The molecule has 3 heterocycles. The van der Waals surface area contributed by atoms with E-state index in [0.29, 0.717) is 11.6 Å². The summed E-state index contributed by atoms with van der Waals surface area (Å²) < 4.78 is 0. The van der Waals surface area contributed by atoms with Crippen molar-refractivity contribution in [2.24, 2.45) is 0 Å². The van der Waals surface area contributed by atoms with E-state index in [1.54, 1.807) is 18.6 Å². The minimum Gasteiger partial charge on any atom is -0.299 e. The Bertz CT molecular complexity index is 851. The molecule has 0 aromatic carbocycles. The quantitative estimate of drug-likeness (QED) is 0.668. The second kappa shape index (κ2) is 7.27. The maximum Gasteiger partial charge on any atom is 0.143 e. The highest BCUT2D eigenvalue weighted by Gasteiger charge is 2.09. The number of hydrogen-bond acceptors (Lipinski definition) is 5. The third-order valence-corrected chi connectivity index (χ3v) is 3.94. The second-order valence-electron chi connectivity index (χ2n) is 5.49. The van der Waals surface area contributed by atoms with Crippen LogP contribution in [0.4, 0.5) is 0 Å². The summed E-state index contributed by atoms with van der Waals surface area (Å²) in [6.45, 7) is 1.87. The third-order valence-electron chi connectivity index (χ3n) is 3.54. The van der Waals surface area contributed by atoms with Crippen LogP contribution in [0.5, 0.6) is 0 Å². The van der Waals surface area contributed by atoms with Gasteiger partial charge in [0.1, 0.15) is 10.9 Å². The van der Waals surface area contributed by atoms with Crippen molar-refractivity contribution in [3.05, 3.63) is 70.9 Å². The molecule has 0 radical (unpaired) electrons. The number of pyridine rings is 2. The Kier molecular flexibility index (Phi) is 4.91. The van der Waals surface area contributed by atoms with E-state index >= 15 is 0 Å². The van der Waals surface area contributed by atoms with Crippen LogP contribution in [0.2, 0.25) is 5.15 Å². The van der Waals surface area contributed by atoms with Crippen LogP contribution in [-0.4, -0.2) is 25.9 Å². The molecule has 0 aliphatic heterocycles. The predicted octanol–water partition coefficient (Wildman–Crippen LogP) is 3.25. The molecule has 24 heavy (non-hydrogen) atoms. The highest BCUT2D eigenvalue weighted by Crippen LogP contribution is 2.16. The van der Waals surface area contributed by atoms with Gasteiger partial charge in [0.2, 0.25) is 0 Å². The van der Waals surface area contributed by atoms with Crippen molar-refractivity contribution in [3.63, 3.8) is 0 Å². The molecular weight excluding hydrogens is 324 g/mol. The fraction of sp³-hybridized carbons (Fsp3) is 0.167. The number of hydrogen-bond donors (Lipinski definition) is 0. The molecule has 6 heteroatoms. The summed E-state index contributed by atoms with van der Waals surface area (Å²) in [4.78, 5) is 20.6. The molecule has 0 aliphatic carbocycles. The van der Waals surface area contributed by atoms with Gasteiger partial charge in [0.15, 0.2) is 0 Å². The summed E-state index contributed by atoms with van der Waals surface area (Å²) in [6, 6.07) is 9.31. The van der Waals surface area contributed by atoms with E-state index in [1.807, 2.05) is 37.3 Å². The topological polar surface area (TPSA) is 68.6 Å². The molecule has 3 aromatic heterocycles. The van der Waals surface area contributed by atoms with Crippen LogP contribution in [0, 0.1) is 6.92 Å². The summed E-state index contributed by atoms with van der Waals surface area (Å²) in [7, 11) is 0. The molecule has 3 rings (SSSR count). The van der Waals surface area contributed by atoms with Crippen molar-refractivity contribution < 1.29 is 4.79 Å². The molecule has 0 unspecified atom stereocenters. The van der Waals surface area contributed by atoms with E-state index in [4.69, 9.17) is 11.6 Å². The molecule has 0 aliphatic rings. The smallest absolute Gasteiger partial charge is 0.143 e. The lowest BCUT2D eigenvalue weighted by Gasteiger charge is -2.04. The van der Waals surface area contributed by atoms with Crippen molar-refractivity contribution in [2.45, 2.75) is 19.8 Å². The molecule has 0 N–H and O–H groups in total. The summed E-state index contributed by atoms with van der Waals surface area (Å²) in [5.74, 6) is 0.0817. The molecule has 0 saturated heterocycles. The molecular formula is C18H15ClN4O. The zero-order valence-corrected chi connectivity index (χ0v) is 13.9. The Morgan fingerprint density at radius 1 is 1.12 bits per heavy atom. The van der Waals surface area contributed by atoms with E-state index in [2.05, 4.69) is 20.2 Å². The van der Waals surface area contributed by atoms with Crippen LogP contribution >= 0.6 is 11.6 Å². The maximum atomic E-state index is 12.2. The first-order valence-electron chi connectivity index (χ1n) is 7.47. The van der Waals surface area contributed by atoms with E-state index in [1.165, 1.54) is 0 Å². The molecule has 0 saturated carbocycles. The van der Waals surface area contributed by atoms with Gasteiger partial charge in [0.05, 0.1) is 5.69 Å². The normalized spacial score (nSPS) is 10.6. The van der Waals surface area contributed by atoms with Crippen LogP contribution in [0.1, 0.15) is 16.8 Å². The van der Waals surface area contributed by atoms with Gasteiger partial charge in [-0.1, -0.05) is 17.7 Å². The predicted molar refractivity (Wildman–Crippen MR) is 91.7 cm³/mol. The van der Waals surface area contributed by atoms with Gasteiger partial charge in [-0.15, -0.1) is 0 Å². The minimum atomic E-state index is 0.0817. The Hall–Kier alpha value is -2.66. The van der Waals surface area contributed by atoms with E-state index in [-0.39, 0.29) is 12.2 Å². The molecule has 0 atom stereocenters. The van der Waals surface area contributed by atoms with Crippen molar-refractivity contribution in [1.29, 1.82) is 0 Å². The highest BCUT2D eigenvalue weighted by molar-refractivity contribution is 6.30. The number of ketones is 1. The fourth-order valence-electron chi connectivity index (χ4n) is 2.34. The van der Waals surface area contributed by atoms with Gasteiger partial charge in [0.25, 0.3) is 0 Å². The van der Waals surface area contributed by atoms with Crippen molar-refractivity contribution >= 4 is 17.4 Å². The van der Waals surface area contributed by atoms with Crippen molar-refractivity contribution in [1.82, 2.24) is 20.2 Å². The number of carbonyl (C=O) groups excluding carboxylic acids is 1. The van der Waals surface area contributed by atoms with E-state index in [0.717, 1.165) is 28.1 Å². The third kappa shape index (κ3) is 4.00. The largest absolute Gasteiger partial charge is 0.299 e. The second-order valence-corrected chi connectivity index (χ2v) is 5.85. The summed E-state index contributed by atoms with van der Waals surface area (Å²) in [6.07, 6.45) is 5.57. The van der Waals surface area contributed by atoms with Gasteiger partial charge in [-0.25, -0.2) is 4.98 Å². The molecule has 0 spiro atoms. The molecule has 3 aromatic rings. The number of aromatic nitrogens is 4. The zero-order valence-electron chi connectivity index (χ0n) is 13.1. The molecule has 0 amide bonds. The van der Waals surface area contributed by atoms with Gasteiger partial charge >= 0.3 is 0 Å². The van der Waals surface area contributed by atoms with Gasteiger partial charge in [-0.2, -0.15) is 10.2 Å². The van der Waals surface area contributed by atoms with Crippen molar-refractivity contribution in [2.75, 3.05) is 0 Å². The molecule has 120 valence electrons. The Morgan fingerprint density at radius 3 is 2.67 bits per heavy atom. The number of Topliss-reactive ketones (excluding diaryl/α,β-unsaturated/α-hetero) is 1.